The molecule has 0 bridgehead atoms. The average Bonchev–Trinajstić information content (AvgIpc) is 2.92. The van der Waals surface area contributed by atoms with Crippen LogP contribution in [-0.2, 0) is 6.18 Å². The molecule has 1 unspecified atom stereocenters. The molecule has 1 aromatic heterocycles. The average molecular weight is 398 g/mol. The lowest BCUT2D eigenvalue weighted by molar-refractivity contribution is -0.137. The van der Waals surface area contributed by atoms with Gasteiger partial charge in [0.25, 0.3) is 5.91 Å². The van der Waals surface area contributed by atoms with Crippen molar-refractivity contribution in [2.24, 2.45) is 0 Å². The number of aromatic nitrogens is 1. The van der Waals surface area contributed by atoms with Gasteiger partial charge in [-0.3, -0.25) is 9.59 Å². The second-order valence-electron chi connectivity index (χ2n) is 6.38. The van der Waals surface area contributed by atoms with Crippen molar-refractivity contribution in [3.63, 3.8) is 0 Å². The Morgan fingerprint density at radius 1 is 1.21 bits per heavy atom. The SMILES string of the molecule is CC(=O)c1c(C)[nH]c(C(=O)NCC(O)COc2ccc(C(F)(F)F)cc2)c1C. The van der Waals surface area contributed by atoms with Gasteiger partial charge < -0.3 is 20.1 Å². The Labute approximate surface area is 159 Å². The Hall–Kier alpha value is -2.81. The number of hydrogen-bond acceptors (Lipinski definition) is 4. The first-order chi connectivity index (χ1) is 13.0. The lowest BCUT2D eigenvalue weighted by Gasteiger charge is -2.14. The zero-order valence-corrected chi connectivity index (χ0v) is 15.6. The van der Waals surface area contributed by atoms with Crippen molar-refractivity contribution in [1.82, 2.24) is 10.3 Å². The van der Waals surface area contributed by atoms with Crippen molar-refractivity contribution in [2.75, 3.05) is 13.2 Å². The summed E-state index contributed by atoms with van der Waals surface area (Å²) >= 11 is 0. The number of nitrogens with one attached hydrogen (secondary N) is 2. The van der Waals surface area contributed by atoms with Crippen LogP contribution in [0.2, 0.25) is 0 Å². The van der Waals surface area contributed by atoms with Crippen molar-refractivity contribution in [1.29, 1.82) is 0 Å². The summed E-state index contributed by atoms with van der Waals surface area (Å²) in [5.74, 6) is -0.475. The summed E-state index contributed by atoms with van der Waals surface area (Å²) in [5.41, 5.74) is 1.00. The number of aryl methyl sites for hydroxylation is 1. The molecule has 6 nitrogen and oxygen atoms in total. The number of aliphatic hydroxyl groups excluding tert-OH is 1. The summed E-state index contributed by atoms with van der Waals surface area (Å²) in [4.78, 5) is 26.7. The van der Waals surface area contributed by atoms with E-state index in [2.05, 4.69) is 10.3 Å². The van der Waals surface area contributed by atoms with Gasteiger partial charge in [-0.05, 0) is 50.6 Å². The number of H-pyrrole nitrogens is 1. The largest absolute Gasteiger partial charge is 0.491 e. The van der Waals surface area contributed by atoms with E-state index in [-0.39, 0.29) is 30.4 Å². The third-order valence-corrected chi connectivity index (χ3v) is 4.14. The number of ether oxygens (including phenoxy) is 1. The number of benzene rings is 1. The molecule has 1 amide bonds. The fourth-order valence-corrected chi connectivity index (χ4v) is 2.80. The van der Waals surface area contributed by atoms with Crippen molar-refractivity contribution < 1.29 is 32.6 Å². The Bertz CT molecular complexity index is 857. The normalized spacial score (nSPS) is 12.5. The van der Waals surface area contributed by atoms with E-state index in [0.717, 1.165) is 24.3 Å². The monoisotopic (exact) mass is 398 g/mol. The lowest BCUT2D eigenvalue weighted by Crippen LogP contribution is -2.35. The predicted octanol–water partition coefficient (Wildman–Crippen LogP) is 3.02. The van der Waals surface area contributed by atoms with Crippen molar-refractivity contribution in [3.8, 4) is 5.75 Å². The maximum atomic E-state index is 12.5. The number of ketones is 1. The van der Waals surface area contributed by atoms with Gasteiger partial charge in [0.1, 0.15) is 24.2 Å². The molecule has 28 heavy (non-hydrogen) atoms. The number of Topliss-reactive ketones (excluding diaryl/α,β-unsaturated/α-hetero) is 1. The first kappa shape index (κ1) is 21.5. The lowest BCUT2D eigenvalue weighted by atomic mass is 10.1. The van der Waals surface area contributed by atoms with Crippen LogP contribution in [0.25, 0.3) is 0 Å². The molecule has 2 aromatic rings. The molecule has 9 heteroatoms. The van der Waals surface area contributed by atoms with Crippen LogP contribution in [0, 0.1) is 13.8 Å². The minimum absolute atomic E-state index is 0.133. The third-order valence-electron chi connectivity index (χ3n) is 4.14. The number of hydrogen-bond donors (Lipinski definition) is 3. The predicted molar refractivity (Wildman–Crippen MR) is 95.6 cm³/mol. The number of carbonyl (C=O) groups excluding carboxylic acids is 2. The van der Waals surface area contributed by atoms with E-state index >= 15 is 0 Å². The zero-order valence-electron chi connectivity index (χ0n) is 15.6. The number of alkyl halides is 3. The fraction of sp³-hybridized carbons (Fsp3) is 0.368. The quantitative estimate of drug-likeness (QED) is 0.626. The number of amides is 1. The van der Waals surface area contributed by atoms with Crippen LogP contribution < -0.4 is 10.1 Å². The Morgan fingerprint density at radius 2 is 1.82 bits per heavy atom. The van der Waals surface area contributed by atoms with Crippen molar-refractivity contribution in [2.45, 2.75) is 33.1 Å². The van der Waals surface area contributed by atoms with E-state index in [9.17, 15) is 27.9 Å². The van der Waals surface area contributed by atoms with Crippen LogP contribution in [0.1, 0.15) is 44.6 Å². The number of halogens is 3. The molecule has 0 aliphatic carbocycles. The smallest absolute Gasteiger partial charge is 0.416 e. The van der Waals surface area contributed by atoms with E-state index in [1.54, 1.807) is 13.8 Å². The van der Waals surface area contributed by atoms with E-state index < -0.39 is 23.8 Å². The van der Waals surface area contributed by atoms with E-state index in [1.165, 1.54) is 6.92 Å². The van der Waals surface area contributed by atoms with E-state index in [0.29, 0.717) is 16.8 Å². The Balaban J connectivity index is 1.87. The second kappa shape index (κ2) is 8.47. The molecule has 0 aliphatic heterocycles. The molecular formula is C19H21F3N2O4. The highest BCUT2D eigenvalue weighted by Gasteiger charge is 2.30. The Kier molecular flexibility index (Phi) is 6.50. The summed E-state index contributed by atoms with van der Waals surface area (Å²) in [6, 6.07) is 4.07. The highest BCUT2D eigenvalue weighted by molar-refractivity contribution is 6.02. The number of carbonyl (C=O) groups is 2. The Morgan fingerprint density at radius 3 is 2.32 bits per heavy atom. The van der Waals surface area contributed by atoms with Crippen molar-refractivity contribution >= 4 is 11.7 Å². The summed E-state index contributed by atoms with van der Waals surface area (Å²) in [6.45, 7) is 4.40. The van der Waals surface area contributed by atoms with Crippen molar-refractivity contribution in [3.05, 3.63) is 52.3 Å². The molecule has 1 atom stereocenters. The highest BCUT2D eigenvalue weighted by atomic mass is 19.4. The molecule has 0 spiro atoms. The van der Waals surface area contributed by atoms with Gasteiger partial charge in [0.2, 0.25) is 0 Å². The van der Waals surface area contributed by atoms with E-state index in [1.807, 2.05) is 0 Å². The fourth-order valence-electron chi connectivity index (χ4n) is 2.80. The maximum Gasteiger partial charge on any atom is 0.416 e. The highest BCUT2D eigenvalue weighted by Crippen LogP contribution is 2.30. The molecule has 0 radical (unpaired) electrons. The maximum absolute atomic E-state index is 12.5. The minimum Gasteiger partial charge on any atom is -0.491 e. The summed E-state index contributed by atoms with van der Waals surface area (Å²) in [6.07, 6.45) is -5.51. The van der Waals surface area contributed by atoms with Crippen LogP contribution in [0.4, 0.5) is 13.2 Å². The topological polar surface area (TPSA) is 91.4 Å². The van der Waals surface area contributed by atoms with Gasteiger partial charge in [0, 0.05) is 17.8 Å². The first-order valence-corrected chi connectivity index (χ1v) is 8.47. The third kappa shape index (κ3) is 5.13. The van der Waals surface area contributed by atoms with Crippen LogP contribution in [0.3, 0.4) is 0 Å². The van der Waals surface area contributed by atoms with Gasteiger partial charge in [0.15, 0.2) is 5.78 Å². The summed E-state index contributed by atoms with van der Waals surface area (Å²) in [5, 5.41) is 12.4. The van der Waals surface area contributed by atoms with E-state index in [4.69, 9.17) is 4.74 Å². The second-order valence-corrected chi connectivity index (χ2v) is 6.38. The number of rotatable bonds is 7. The zero-order chi connectivity index (χ0) is 21.1. The van der Waals surface area contributed by atoms with Gasteiger partial charge >= 0.3 is 6.18 Å². The molecule has 0 saturated carbocycles. The van der Waals surface area contributed by atoms with Crippen LogP contribution in [0.5, 0.6) is 5.75 Å². The number of aliphatic hydroxyl groups is 1. The molecule has 0 saturated heterocycles. The minimum atomic E-state index is -4.43. The van der Waals surface area contributed by atoms with Gasteiger partial charge in [0.05, 0.1) is 5.56 Å². The molecule has 0 fully saturated rings. The standard InChI is InChI=1S/C19H21F3N2O4/c1-10-16(12(3)25)11(2)24-17(10)18(27)23-8-14(26)9-28-15-6-4-13(5-7-15)19(20,21)22/h4-7,14,24,26H,8-9H2,1-3H3,(H,23,27). The molecule has 3 N–H and O–H groups in total. The number of aromatic amines is 1. The van der Waals surface area contributed by atoms with Gasteiger partial charge in [-0.25, -0.2) is 0 Å². The molecular weight excluding hydrogens is 377 g/mol. The summed E-state index contributed by atoms with van der Waals surface area (Å²) < 4.78 is 42.7. The summed E-state index contributed by atoms with van der Waals surface area (Å²) in [7, 11) is 0. The van der Waals surface area contributed by atoms with Gasteiger partial charge in [-0.15, -0.1) is 0 Å². The molecule has 1 heterocycles. The van der Waals surface area contributed by atoms with Crippen LogP contribution >= 0.6 is 0 Å². The molecule has 152 valence electrons. The van der Waals surface area contributed by atoms with Gasteiger partial charge in [-0.1, -0.05) is 0 Å². The van der Waals surface area contributed by atoms with Gasteiger partial charge in [-0.2, -0.15) is 13.2 Å². The van der Waals surface area contributed by atoms with Crippen LogP contribution in [-0.4, -0.2) is 41.0 Å². The first-order valence-electron chi connectivity index (χ1n) is 8.47. The molecule has 1 aromatic carbocycles. The molecule has 0 aliphatic rings. The molecule has 2 rings (SSSR count). The van der Waals surface area contributed by atoms with Crippen LogP contribution in [0.15, 0.2) is 24.3 Å².